The minimum Gasteiger partial charge on any atom is -0.497 e. The molecule has 0 bridgehead atoms. The van der Waals surface area contributed by atoms with Crippen molar-refractivity contribution >= 4 is 11.8 Å². The first-order valence-corrected chi connectivity index (χ1v) is 6.28. The van der Waals surface area contributed by atoms with Gasteiger partial charge in [0.2, 0.25) is 0 Å². The van der Waals surface area contributed by atoms with Gasteiger partial charge < -0.3 is 15.2 Å². The Hall–Kier alpha value is -0.870. The molecule has 2 N–H and O–H groups in total. The van der Waals surface area contributed by atoms with E-state index >= 15 is 0 Å². The lowest BCUT2D eigenvalue weighted by Crippen LogP contribution is -2.12. The van der Waals surface area contributed by atoms with Gasteiger partial charge in [-0.1, -0.05) is 6.92 Å². The average molecular weight is 241 g/mol. The van der Waals surface area contributed by atoms with Crippen LogP contribution in [0.15, 0.2) is 18.2 Å². The summed E-state index contributed by atoms with van der Waals surface area (Å²) in [5.41, 5.74) is 6.73. The molecule has 0 spiro atoms. The SMILES string of the molecule is COc1ccc(OC)c(CSC(C)CN)c1. The lowest BCUT2D eigenvalue weighted by Gasteiger charge is -2.12. The summed E-state index contributed by atoms with van der Waals surface area (Å²) < 4.78 is 10.5. The predicted molar refractivity (Wildman–Crippen MR) is 69.4 cm³/mol. The molecule has 0 aliphatic heterocycles. The van der Waals surface area contributed by atoms with Crippen LogP contribution in [0.4, 0.5) is 0 Å². The van der Waals surface area contributed by atoms with Gasteiger partial charge in [-0.05, 0) is 18.2 Å². The van der Waals surface area contributed by atoms with Crippen LogP contribution in [0.3, 0.4) is 0 Å². The number of benzene rings is 1. The maximum absolute atomic E-state index is 5.59. The second-order valence-corrected chi connectivity index (χ2v) is 4.96. The van der Waals surface area contributed by atoms with Crippen molar-refractivity contribution < 1.29 is 9.47 Å². The fourth-order valence-electron chi connectivity index (χ4n) is 1.29. The minimum atomic E-state index is 0.455. The molecule has 0 aromatic heterocycles. The Bertz CT molecular complexity index is 331. The van der Waals surface area contributed by atoms with Crippen LogP contribution in [-0.4, -0.2) is 26.0 Å². The van der Waals surface area contributed by atoms with Crippen molar-refractivity contribution in [3.63, 3.8) is 0 Å². The van der Waals surface area contributed by atoms with Gasteiger partial charge in [0, 0.05) is 23.1 Å². The van der Waals surface area contributed by atoms with E-state index in [0.29, 0.717) is 11.8 Å². The highest BCUT2D eigenvalue weighted by Gasteiger charge is 2.07. The molecule has 0 amide bonds. The molecule has 0 aliphatic carbocycles. The van der Waals surface area contributed by atoms with Crippen LogP contribution in [0, 0.1) is 0 Å². The van der Waals surface area contributed by atoms with E-state index in [9.17, 15) is 0 Å². The van der Waals surface area contributed by atoms with Gasteiger partial charge in [0.25, 0.3) is 0 Å². The van der Waals surface area contributed by atoms with Gasteiger partial charge in [0.15, 0.2) is 0 Å². The number of rotatable bonds is 6. The zero-order chi connectivity index (χ0) is 12.0. The van der Waals surface area contributed by atoms with Crippen molar-refractivity contribution in [2.24, 2.45) is 5.73 Å². The standard InChI is InChI=1S/C12H19NO2S/c1-9(7-13)16-8-10-6-11(14-2)4-5-12(10)15-3/h4-6,9H,7-8,13H2,1-3H3. The van der Waals surface area contributed by atoms with Gasteiger partial charge >= 0.3 is 0 Å². The predicted octanol–water partition coefficient (Wildman–Crippen LogP) is 2.28. The third kappa shape index (κ3) is 3.61. The van der Waals surface area contributed by atoms with Gasteiger partial charge in [-0.3, -0.25) is 0 Å². The molecule has 0 saturated carbocycles. The minimum absolute atomic E-state index is 0.455. The maximum atomic E-state index is 5.59. The summed E-state index contributed by atoms with van der Waals surface area (Å²) >= 11 is 1.82. The molecule has 0 heterocycles. The topological polar surface area (TPSA) is 44.5 Å². The van der Waals surface area contributed by atoms with E-state index in [2.05, 4.69) is 6.92 Å². The molecule has 1 aromatic carbocycles. The summed E-state index contributed by atoms with van der Waals surface area (Å²) in [6.07, 6.45) is 0. The number of hydrogen-bond acceptors (Lipinski definition) is 4. The zero-order valence-corrected chi connectivity index (χ0v) is 10.8. The Morgan fingerprint density at radius 2 is 2.06 bits per heavy atom. The van der Waals surface area contributed by atoms with E-state index < -0.39 is 0 Å². The molecule has 3 nitrogen and oxygen atoms in total. The van der Waals surface area contributed by atoms with Crippen LogP contribution < -0.4 is 15.2 Å². The fraction of sp³-hybridized carbons (Fsp3) is 0.500. The van der Waals surface area contributed by atoms with Crippen LogP contribution >= 0.6 is 11.8 Å². The summed E-state index contributed by atoms with van der Waals surface area (Å²) in [6.45, 7) is 2.81. The highest BCUT2D eigenvalue weighted by molar-refractivity contribution is 7.99. The smallest absolute Gasteiger partial charge is 0.123 e. The quantitative estimate of drug-likeness (QED) is 0.830. The molecule has 1 unspecified atom stereocenters. The molecule has 0 saturated heterocycles. The third-order valence-electron chi connectivity index (χ3n) is 2.34. The Labute approximate surface area is 101 Å². The summed E-state index contributed by atoms with van der Waals surface area (Å²) in [5, 5.41) is 0.455. The molecule has 1 atom stereocenters. The normalized spacial score (nSPS) is 12.2. The van der Waals surface area contributed by atoms with Gasteiger partial charge in [0.05, 0.1) is 14.2 Å². The first kappa shape index (κ1) is 13.2. The lowest BCUT2D eigenvalue weighted by molar-refractivity contribution is 0.400. The molecule has 90 valence electrons. The summed E-state index contributed by atoms with van der Waals surface area (Å²) in [6, 6.07) is 5.84. The molecule has 16 heavy (non-hydrogen) atoms. The van der Waals surface area contributed by atoms with Crippen molar-refractivity contribution in [2.75, 3.05) is 20.8 Å². The number of thioether (sulfide) groups is 1. The molecule has 0 fully saturated rings. The summed E-state index contributed by atoms with van der Waals surface area (Å²) in [5.74, 6) is 2.65. The van der Waals surface area contributed by atoms with Crippen molar-refractivity contribution in [1.82, 2.24) is 0 Å². The molecule has 1 rings (SSSR count). The Kier molecular flexibility index (Phi) is 5.49. The Balaban J connectivity index is 2.75. The second kappa shape index (κ2) is 6.66. The molecule has 1 aromatic rings. The Morgan fingerprint density at radius 3 is 2.62 bits per heavy atom. The number of nitrogens with two attached hydrogens (primary N) is 1. The first-order chi connectivity index (χ1) is 7.71. The third-order valence-corrected chi connectivity index (χ3v) is 3.58. The first-order valence-electron chi connectivity index (χ1n) is 5.23. The van der Waals surface area contributed by atoms with E-state index in [1.54, 1.807) is 14.2 Å². The van der Waals surface area contributed by atoms with Crippen molar-refractivity contribution in [2.45, 2.75) is 17.9 Å². The van der Waals surface area contributed by atoms with Crippen LogP contribution in [0.5, 0.6) is 11.5 Å². The molecular weight excluding hydrogens is 222 g/mol. The Morgan fingerprint density at radius 1 is 1.31 bits per heavy atom. The number of ether oxygens (including phenoxy) is 2. The molecule has 4 heteroatoms. The largest absolute Gasteiger partial charge is 0.497 e. The summed E-state index contributed by atoms with van der Waals surface area (Å²) in [4.78, 5) is 0. The summed E-state index contributed by atoms with van der Waals surface area (Å²) in [7, 11) is 3.35. The van der Waals surface area contributed by atoms with Gasteiger partial charge in [-0.25, -0.2) is 0 Å². The van der Waals surface area contributed by atoms with Crippen molar-refractivity contribution in [3.8, 4) is 11.5 Å². The molecular formula is C12H19NO2S. The van der Waals surface area contributed by atoms with Crippen LogP contribution in [0.2, 0.25) is 0 Å². The fourth-order valence-corrected chi connectivity index (χ4v) is 2.12. The monoisotopic (exact) mass is 241 g/mol. The molecule has 0 radical (unpaired) electrons. The van der Waals surface area contributed by atoms with Gasteiger partial charge in [-0.15, -0.1) is 0 Å². The number of hydrogen-bond donors (Lipinski definition) is 1. The maximum Gasteiger partial charge on any atom is 0.123 e. The van der Waals surface area contributed by atoms with E-state index in [0.717, 1.165) is 22.8 Å². The lowest BCUT2D eigenvalue weighted by atomic mass is 10.2. The van der Waals surface area contributed by atoms with Gasteiger partial charge in [-0.2, -0.15) is 11.8 Å². The van der Waals surface area contributed by atoms with E-state index in [-0.39, 0.29) is 0 Å². The second-order valence-electron chi connectivity index (χ2n) is 3.54. The van der Waals surface area contributed by atoms with Crippen molar-refractivity contribution in [1.29, 1.82) is 0 Å². The van der Waals surface area contributed by atoms with E-state index in [1.165, 1.54) is 0 Å². The van der Waals surface area contributed by atoms with Gasteiger partial charge in [0.1, 0.15) is 11.5 Å². The highest BCUT2D eigenvalue weighted by Crippen LogP contribution is 2.28. The molecule has 0 aliphatic rings. The average Bonchev–Trinajstić information content (AvgIpc) is 2.35. The highest BCUT2D eigenvalue weighted by atomic mass is 32.2. The zero-order valence-electron chi connectivity index (χ0n) is 10.0. The number of methoxy groups -OCH3 is 2. The van der Waals surface area contributed by atoms with Crippen molar-refractivity contribution in [3.05, 3.63) is 23.8 Å². The van der Waals surface area contributed by atoms with E-state index in [4.69, 9.17) is 15.2 Å². The van der Waals surface area contributed by atoms with Crippen LogP contribution in [0.1, 0.15) is 12.5 Å². The van der Waals surface area contributed by atoms with Crippen LogP contribution in [-0.2, 0) is 5.75 Å². The van der Waals surface area contributed by atoms with E-state index in [1.807, 2.05) is 30.0 Å². The van der Waals surface area contributed by atoms with Crippen LogP contribution in [0.25, 0.3) is 0 Å².